The van der Waals surface area contributed by atoms with Crippen LogP contribution in [-0.2, 0) is 6.18 Å². The van der Waals surface area contributed by atoms with Crippen molar-refractivity contribution in [3.8, 4) is 0 Å². The molecule has 1 heterocycles. The second-order valence-corrected chi connectivity index (χ2v) is 2.58. The zero-order valence-corrected chi connectivity index (χ0v) is 8.19. The Hall–Kier alpha value is -1.99. The quantitative estimate of drug-likeness (QED) is 0.747. The number of alkyl halides is 3. The number of halogens is 3. The van der Waals surface area contributed by atoms with E-state index >= 15 is 0 Å². The lowest BCUT2D eigenvalue weighted by Gasteiger charge is -1.96. The van der Waals surface area contributed by atoms with Crippen molar-refractivity contribution in [2.24, 2.45) is 9.98 Å². The number of allylic oxidation sites excluding steroid dienone is 1. The highest BCUT2D eigenvalue weighted by atomic mass is 19.4. The van der Waals surface area contributed by atoms with Gasteiger partial charge in [-0.2, -0.15) is 18.2 Å². The van der Waals surface area contributed by atoms with E-state index in [4.69, 9.17) is 0 Å². The van der Waals surface area contributed by atoms with E-state index in [0.717, 1.165) is 0 Å². The number of rotatable bonds is 3. The highest BCUT2D eigenvalue weighted by Crippen LogP contribution is 2.28. The van der Waals surface area contributed by atoms with Crippen molar-refractivity contribution in [1.82, 2.24) is 10.1 Å². The van der Waals surface area contributed by atoms with Gasteiger partial charge in [-0.1, -0.05) is 5.16 Å². The van der Waals surface area contributed by atoms with Crippen molar-refractivity contribution in [1.29, 1.82) is 0 Å². The molecule has 0 N–H and O–H groups in total. The van der Waals surface area contributed by atoms with Crippen LogP contribution in [0.4, 0.5) is 13.2 Å². The predicted molar refractivity (Wildman–Crippen MR) is 51.2 cm³/mol. The molecule has 0 radical (unpaired) electrons. The van der Waals surface area contributed by atoms with Crippen LogP contribution in [0.25, 0.3) is 5.57 Å². The Bertz CT molecular complexity index is 433. The van der Waals surface area contributed by atoms with Gasteiger partial charge in [-0.05, 0) is 6.72 Å². The molecular formula is C8H7F3N4O. The SMILES string of the molecule is C=NC=C(C=NC)c1noc(C(F)(F)F)n1. The Morgan fingerprint density at radius 3 is 2.62 bits per heavy atom. The third-order valence-electron chi connectivity index (χ3n) is 1.43. The van der Waals surface area contributed by atoms with Gasteiger partial charge in [0, 0.05) is 19.5 Å². The molecule has 0 aromatic carbocycles. The Labute approximate surface area is 88.4 Å². The maximum atomic E-state index is 12.2. The smallest absolute Gasteiger partial charge is 0.329 e. The number of nitrogens with zero attached hydrogens (tertiary/aromatic N) is 4. The van der Waals surface area contributed by atoms with Gasteiger partial charge >= 0.3 is 12.1 Å². The van der Waals surface area contributed by atoms with Crippen LogP contribution in [0.5, 0.6) is 0 Å². The van der Waals surface area contributed by atoms with Crippen molar-refractivity contribution in [3.05, 3.63) is 17.9 Å². The van der Waals surface area contributed by atoms with Crippen molar-refractivity contribution in [3.63, 3.8) is 0 Å². The van der Waals surface area contributed by atoms with Gasteiger partial charge in [-0.3, -0.25) is 9.98 Å². The molecule has 0 bridgehead atoms. The van der Waals surface area contributed by atoms with E-state index in [9.17, 15) is 13.2 Å². The molecule has 0 fully saturated rings. The Morgan fingerprint density at radius 1 is 1.50 bits per heavy atom. The zero-order valence-electron chi connectivity index (χ0n) is 8.19. The summed E-state index contributed by atoms with van der Waals surface area (Å²) in [4.78, 5) is 10.2. The fourth-order valence-corrected chi connectivity index (χ4v) is 0.842. The fourth-order valence-electron chi connectivity index (χ4n) is 0.842. The van der Waals surface area contributed by atoms with Gasteiger partial charge in [0.05, 0.1) is 5.57 Å². The topological polar surface area (TPSA) is 63.6 Å². The second kappa shape index (κ2) is 4.69. The average Bonchev–Trinajstić information content (AvgIpc) is 2.65. The molecule has 1 rings (SSSR count). The standard InChI is InChI=1S/C8H7F3N4O/c1-12-3-5(4-13-2)6-14-7(16-15-6)8(9,10)11/h3-4H,1H2,2H3. The summed E-state index contributed by atoms with van der Waals surface area (Å²) >= 11 is 0. The number of aromatic nitrogens is 2. The first-order valence-corrected chi connectivity index (χ1v) is 3.98. The molecule has 0 aliphatic carbocycles. The summed E-state index contributed by atoms with van der Waals surface area (Å²) in [6, 6.07) is 0. The minimum atomic E-state index is -4.67. The summed E-state index contributed by atoms with van der Waals surface area (Å²) in [5, 5.41) is 3.17. The highest BCUT2D eigenvalue weighted by molar-refractivity contribution is 6.08. The summed E-state index contributed by atoms with van der Waals surface area (Å²) in [5.74, 6) is -1.66. The third kappa shape index (κ3) is 2.75. The van der Waals surface area contributed by atoms with Crippen LogP contribution >= 0.6 is 0 Å². The van der Waals surface area contributed by atoms with E-state index in [2.05, 4.69) is 31.4 Å². The molecule has 0 aliphatic rings. The van der Waals surface area contributed by atoms with Crippen molar-refractivity contribution in [2.75, 3.05) is 7.05 Å². The minimum Gasteiger partial charge on any atom is -0.329 e. The zero-order chi connectivity index (χ0) is 12.2. The van der Waals surface area contributed by atoms with Crippen LogP contribution in [0.2, 0.25) is 0 Å². The molecule has 0 spiro atoms. The van der Waals surface area contributed by atoms with Crippen LogP contribution in [0.1, 0.15) is 11.7 Å². The van der Waals surface area contributed by atoms with Crippen molar-refractivity contribution in [2.45, 2.75) is 6.18 Å². The normalized spacial score (nSPS) is 13.4. The first-order chi connectivity index (χ1) is 7.49. The highest BCUT2D eigenvalue weighted by Gasteiger charge is 2.38. The monoisotopic (exact) mass is 232 g/mol. The minimum absolute atomic E-state index is 0.178. The molecule has 1 aromatic rings. The van der Waals surface area contributed by atoms with Gasteiger partial charge < -0.3 is 4.52 Å². The lowest BCUT2D eigenvalue weighted by Crippen LogP contribution is -2.05. The molecule has 16 heavy (non-hydrogen) atoms. The largest absolute Gasteiger partial charge is 0.471 e. The number of hydrogen-bond acceptors (Lipinski definition) is 5. The average molecular weight is 232 g/mol. The van der Waals surface area contributed by atoms with Gasteiger partial charge in [-0.15, -0.1) is 0 Å². The molecule has 86 valence electrons. The van der Waals surface area contributed by atoms with E-state index < -0.39 is 12.1 Å². The molecule has 8 heteroatoms. The van der Waals surface area contributed by atoms with Gasteiger partial charge in [0.25, 0.3) is 0 Å². The molecule has 0 aliphatic heterocycles. The van der Waals surface area contributed by atoms with Crippen molar-refractivity contribution >= 4 is 18.5 Å². The Morgan fingerprint density at radius 2 is 2.19 bits per heavy atom. The Balaban J connectivity index is 3.09. The van der Waals surface area contributed by atoms with Gasteiger partial charge in [0.1, 0.15) is 0 Å². The molecule has 0 atom stereocenters. The molecule has 0 saturated carbocycles. The summed E-state index contributed by atoms with van der Waals surface area (Å²) in [5.41, 5.74) is 0.178. The molecular weight excluding hydrogens is 225 g/mol. The molecule has 0 amide bonds. The van der Waals surface area contributed by atoms with E-state index in [1.54, 1.807) is 0 Å². The maximum Gasteiger partial charge on any atom is 0.471 e. The summed E-state index contributed by atoms with van der Waals surface area (Å²) in [6.45, 7) is 3.17. The molecule has 0 unspecified atom stereocenters. The van der Waals surface area contributed by atoms with Gasteiger partial charge in [0.15, 0.2) is 0 Å². The van der Waals surface area contributed by atoms with Crippen LogP contribution in [0.3, 0.4) is 0 Å². The van der Waals surface area contributed by atoms with Gasteiger partial charge in [-0.25, -0.2) is 0 Å². The first kappa shape index (κ1) is 12.1. The van der Waals surface area contributed by atoms with E-state index in [0.29, 0.717) is 0 Å². The summed E-state index contributed by atoms with van der Waals surface area (Å²) in [6.07, 6.45) is -2.24. The van der Waals surface area contributed by atoms with Crippen LogP contribution in [-0.4, -0.2) is 30.1 Å². The van der Waals surface area contributed by atoms with E-state index in [-0.39, 0.29) is 11.4 Å². The summed E-state index contributed by atoms with van der Waals surface area (Å²) in [7, 11) is 1.45. The van der Waals surface area contributed by atoms with Gasteiger partial charge in [0.2, 0.25) is 5.82 Å². The number of hydrogen-bond donors (Lipinski definition) is 0. The maximum absolute atomic E-state index is 12.2. The van der Waals surface area contributed by atoms with E-state index in [1.807, 2.05) is 0 Å². The van der Waals surface area contributed by atoms with Crippen LogP contribution in [0, 0.1) is 0 Å². The molecule has 0 saturated heterocycles. The fraction of sp³-hybridized carbons (Fsp3) is 0.250. The number of aliphatic imine (C=N–C) groups is 2. The van der Waals surface area contributed by atoms with Crippen LogP contribution < -0.4 is 0 Å². The Kier molecular flexibility index (Phi) is 3.54. The van der Waals surface area contributed by atoms with E-state index in [1.165, 1.54) is 19.5 Å². The lowest BCUT2D eigenvalue weighted by molar-refractivity contribution is -0.159. The molecule has 1 aromatic heterocycles. The lowest BCUT2D eigenvalue weighted by atomic mass is 10.3. The molecule has 5 nitrogen and oxygen atoms in total. The predicted octanol–water partition coefficient (Wildman–Crippen LogP) is 1.83. The third-order valence-corrected chi connectivity index (χ3v) is 1.43. The van der Waals surface area contributed by atoms with Crippen LogP contribution in [0.15, 0.2) is 20.7 Å². The van der Waals surface area contributed by atoms with Crippen molar-refractivity contribution < 1.29 is 17.7 Å². The second-order valence-electron chi connectivity index (χ2n) is 2.58. The first-order valence-electron chi connectivity index (χ1n) is 3.98. The summed E-state index contributed by atoms with van der Waals surface area (Å²) < 4.78 is 40.5.